The second-order valence-corrected chi connectivity index (χ2v) is 4.80. The summed E-state index contributed by atoms with van der Waals surface area (Å²) in [4.78, 5) is 12.9. The van der Waals surface area contributed by atoms with Gasteiger partial charge in [-0.25, -0.2) is 0 Å². The number of para-hydroxylation sites is 1. The number of ether oxygens (including phenoxy) is 1. The Kier molecular flexibility index (Phi) is 2.52. The van der Waals surface area contributed by atoms with Crippen LogP contribution in [0.25, 0.3) is 0 Å². The predicted molar refractivity (Wildman–Crippen MR) is 62.2 cm³/mol. The van der Waals surface area contributed by atoms with Gasteiger partial charge in [-0.05, 0) is 6.07 Å². The molecule has 0 aliphatic carbocycles. The zero-order chi connectivity index (χ0) is 11.8. The molecule has 2 aliphatic heterocycles. The van der Waals surface area contributed by atoms with Crippen LogP contribution in [-0.2, 0) is 4.79 Å². The Hall–Kier alpha value is -1.55. The quantitative estimate of drug-likeness (QED) is 0.851. The van der Waals surface area contributed by atoms with Crippen molar-refractivity contribution in [3.8, 4) is 5.75 Å². The second kappa shape index (κ2) is 4.04. The lowest BCUT2D eigenvalue weighted by atomic mass is 9.95. The molecule has 90 valence electrons. The van der Waals surface area contributed by atoms with E-state index in [-0.39, 0.29) is 5.92 Å². The van der Waals surface area contributed by atoms with Gasteiger partial charge in [0, 0.05) is 31.1 Å². The molecule has 0 spiro atoms. The molecule has 2 heterocycles. The fourth-order valence-electron chi connectivity index (χ4n) is 2.57. The van der Waals surface area contributed by atoms with Crippen LogP contribution >= 0.6 is 0 Å². The van der Waals surface area contributed by atoms with E-state index in [0.29, 0.717) is 25.6 Å². The Balaban J connectivity index is 1.60. The van der Waals surface area contributed by atoms with E-state index in [2.05, 4.69) is 11.0 Å². The standard InChI is InChI=1S/C13H15NO3/c15-13(16)9-5-14(6-9)7-10-8-17-12-4-2-1-3-11(10)12/h1-4,9-10H,5-8H2,(H,15,16). The van der Waals surface area contributed by atoms with Crippen LogP contribution in [0, 0.1) is 5.92 Å². The molecule has 3 rings (SSSR count). The molecule has 1 saturated heterocycles. The number of carbonyl (C=O) groups is 1. The van der Waals surface area contributed by atoms with Crippen LogP contribution in [0.4, 0.5) is 0 Å². The zero-order valence-corrected chi connectivity index (χ0v) is 9.50. The molecule has 4 heteroatoms. The molecule has 2 aliphatic rings. The Morgan fingerprint density at radius 1 is 1.41 bits per heavy atom. The van der Waals surface area contributed by atoms with Crippen molar-refractivity contribution in [3.63, 3.8) is 0 Å². The summed E-state index contributed by atoms with van der Waals surface area (Å²) in [7, 11) is 0. The first-order valence-electron chi connectivity index (χ1n) is 5.91. The maximum atomic E-state index is 10.7. The second-order valence-electron chi connectivity index (χ2n) is 4.80. The van der Waals surface area contributed by atoms with Gasteiger partial charge in [-0.3, -0.25) is 4.79 Å². The van der Waals surface area contributed by atoms with Gasteiger partial charge in [0.15, 0.2) is 0 Å². The lowest BCUT2D eigenvalue weighted by Gasteiger charge is -2.37. The van der Waals surface area contributed by atoms with Crippen molar-refractivity contribution in [2.75, 3.05) is 26.2 Å². The Morgan fingerprint density at radius 3 is 2.94 bits per heavy atom. The first-order valence-corrected chi connectivity index (χ1v) is 5.91. The summed E-state index contributed by atoms with van der Waals surface area (Å²) in [6.45, 7) is 2.97. The number of hydrogen-bond acceptors (Lipinski definition) is 3. The molecular weight excluding hydrogens is 218 g/mol. The van der Waals surface area contributed by atoms with Crippen molar-refractivity contribution in [3.05, 3.63) is 29.8 Å². The molecule has 1 aromatic carbocycles. The van der Waals surface area contributed by atoms with Gasteiger partial charge in [0.25, 0.3) is 0 Å². The van der Waals surface area contributed by atoms with Crippen molar-refractivity contribution in [1.29, 1.82) is 0 Å². The molecule has 0 saturated carbocycles. The van der Waals surface area contributed by atoms with E-state index in [1.807, 2.05) is 18.2 Å². The van der Waals surface area contributed by atoms with Gasteiger partial charge in [0.1, 0.15) is 5.75 Å². The largest absolute Gasteiger partial charge is 0.493 e. The molecule has 0 amide bonds. The number of nitrogens with zero attached hydrogens (tertiary/aromatic N) is 1. The minimum Gasteiger partial charge on any atom is -0.493 e. The minimum absolute atomic E-state index is 0.174. The summed E-state index contributed by atoms with van der Waals surface area (Å²) >= 11 is 0. The molecule has 1 N–H and O–H groups in total. The smallest absolute Gasteiger partial charge is 0.309 e. The Bertz CT molecular complexity index is 440. The number of carboxylic acid groups (broad SMARTS) is 1. The number of fused-ring (bicyclic) bond motifs is 1. The van der Waals surface area contributed by atoms with Gasteiger partial charge >= 0.3 is 5.97 Å². The molecule has 1 fully saturated rings. The maximum absolute atomic E-state index is 10.7. The molecule has 0 bridgehead atoms. The SMILES string of the molecule is O=C(O)C1CN(CC2COc3ccccc32)C1. The molecule has 1 atom stereocenters. The van der Waals surface area contributed by atoms with Crippen molar-refractivity contribution < 1.29 is 14.6 Å². The summed E-state index contributed by atoms with van der Waals surface area (Å²) in [6.07, 6.45) is 0. The van der Waals surface area contributed by atoms with E-state index in [4.69, 9.17) is 9.84 Å². The van der Waals surface area contributed by atoms with E-state index >= 15 is 0 Å². The van der Waals surface area contributed by atoms with Crippen LogP contribution in [0.1, 0.15) is 11.5 Å². The third-order valence-electron chi connectivity index (χ3n) is 3.58. The number of rotatable bonds is 3. The fraction of sp³-hybridized carbons (Fsp3) is 0.462. The first-order chi connectivity index (χ1) is 8.24. The van der Waals surface area contributed by atoms with Crippen LogP contribution < -0.4 is 4.74 Å². The van der Waals surface area contributed by atoms with Crippen molar-refractivity contribution in [2.24, 2.45) is 5.92 Å². The Labute approximate surface area is 99.8 Å². The van der Waals surface area contributed by atoms with Crippen molar-refractivity contribution >= 4 is 5.97 Å². The maximum Gasteiger partial charge on any atom is 0.309 e. The van der Waals surface area contributed by atoms with Crippen molar-refractivity contribution in [2.45, 2.75) is 5.92 Å². The molecule has 0 radical (unpaired) electrons. The average molecular weight is 233 g/mol. The van der Waals surface area contributed by atoms with Crippen LogP contribution in [0.5, 0.6) is 5.75 Å². The summed E-state index contributed by atoms with van der Waals surface area (Å²) in [5.41, 5.74) is 1.26. The predicted octanol–water partition coefficient (Wildman–Crippen LogP) is 1.18. The lowest BCUT2D eigenvalue weighted by Crippen LogP contribution is -2.51. The third kappa shape index (κ3) is 1.89. The van der Waals surface area contributed by atoms with E-state index in [9.17, 15) is 4.79 Å². The third-order valence-corrected chi connectivity index (χ3v) is 3.58. The average Bonchev–Trinajstić information content (AvgIpc) is 2.65. The molecule has 17 heavy (non-hydrogen) atoms. The highest BCUT2D eigenvalue weighted by Crippen LogP contribution is 2.34. The molecular formula is C13H15NO3. The molecule has 1 unspecified atom stereocenters. The van der Waals surface area contributed by atoms with Crippen LogP contribution in [0.2, 0.25) is 0 Å². The van der Waals surface area contributed by atoms with Gasteiger partial charge in [-0.15, -0.1) is 0 Å². The molecule has 0 aromatic heterocycles. The Morgan fingerprint density at radius 2 is 2.18 bits per heavy atom. The highest BCUT2D eigenvalue weighted by molar-refractivity contribution is 5.71. The highest BCUT2D eigenvalue weighted by atomic mass is 16.5. The van der Waals surface area contributed by atoms with Gasteiger partial charge in [-0.2, -0.15) is 0 Å². The lowest BCUT2D eigenvalue weighted by molar-refractivity contribution is -0.147. The number of aliphatic carboxylic acids is 1. The summed E-state index contributed by atoms with van der Waals surface area (Å²) in [5, 5.41) is 8.82. The summed E-state index contributed by atoms with van der Waals surface area (Å²) in [5.74, 6) is 0.519. The number of benzene rings is 1. The van der Waals surface area contributed by atoms with Gasteiger partial charge in [0.05, 0.1) is 12.5 Å². The number of hydrogen-bond donors (Lipinski definition) is 1. The molecule has 4 nitrogen and oxygen atoms in total. The zero-order valence-electron chi connectivity index (χ0n) is 9.50. The van der Waals surface area contributed by atoms with Gasteiger partial charge in [-0.1, -0.05) is 18.2 Å². The normalized spacial score (nSPS) is 23.9. The minimum atomic E-state index is -0.677. The molecule has 1 aromatic rings. The summed E-state index contributed by atoms with van der Waals surface area (Å²) < 4.78 is 5.61. The number of likely N-dealkylation sites (tertiary alicyclic amines) is 1. The summed E-state index contributed by atoms with van der Waals surface area (Å²) in [6, 6.07) is 8.09. The van der Waals surface area contributed by atoms with Crippen LogP contribution in [-0.4, -0.2) is 42.2 Å². The monoisotopic (exact) mass is 233 g/mol. The number of carboxylic acids is 1. The van der Waals surface area contributed by atoms with Crippen molar-refractivity contribution in [1.82, 2.24) is 4.90 Å². The van der Waals surface area contributed by atoms with E-state index < -0.39 is 5.97 Å². The van der Waals surface area contributed by atoms with Crippen LogP contribution in [0.3, 0.4) is 0 Å². The van der Waals surface area contributed by atoms with Crippen LogP contribution in [0.15, 0.2) is 24.3 Å². The highest BCUT2D eigenvalue weighted by Gasteiger charge is 2.35. The van der Waals surface area contributed by atoms with Gasteiger partial charge < -0.3 is 14.7 Å². The topological polar surface area (TPSA) is 49.8 Å². The first kappa shape index (κ1) is 10.6. The van der Waals surface area contributed by atoms with E-state index in [1.165, 1.54) is 5.56 Å². The van der Waals surface area contributed by atoms with Gasteiger partial charge in [0.2, 0.25) is 0 Å². The van der Waals surface area contributed by atoms with E-state index in [1.54, 1.807) is 0 Å². The fourth-order valence-corrected chi connectivity index (χ4v) is 2.57. The van der Waals surface area contributed by atoms with E-state index in [0.717, 1.165) is 12.3 Å².